The van der Waals surface area contributed by atoms with Gasteiger partial charge in [0, 0.05) is 13.0 Å². The van der Waals surface area contributed by atoms with E-state index in [4.69, 9.17) is 5.11 Å². The van der Waals surface area contributed by atoms with Crippen LogP contribution in [0.25, 0.3) is 11.0 Å². The molecule has 0 unspecified atom stereocenters. The molecule has 1 aliphatic carbocycles. The van der Waals surface area contributed by atoms with Gasteiger partial charge in [0.05, 0.1) is 16.6 Å². The fraction of sp³-hybridized carbons (Fsp3) is 0.529. The van der Waals surface area contributed by atoms with Crippen LogP contribution in [-0.2, 0) is 13.0 Å². The third kappa shape index (κ3) is 2.80. The van der Waals surface area contributed by atoms with Crippen molar-refractivity contribution < 1.29 is 9.90 Å². The topological polar surface area (TPSA) is 55.1 Å². The van der Waals surface area contributed by atoms with Crippen LogP contribution >= 0.6 is 0 Å². The summed E-state index contributed by atoms with van der Waals surface area (Å²) in [6.07, 6.45) is 7.55. The minimum absolute atomic E-state index is 0.311. The summed E-state index contributed by atoms with van der Waals surface area (Å²) in [4.78, 5) is 15.7. The van der Waals surface area contributed by atoms with Gasteiger partial charge in [-0.1, -0.05) is 32.6 Å². The van der Waals surface area contributed by atoms with Crippen LogP contribution in [0.3, 0.4) is 0 Å². The smallest absolute Gasteiger partial charge is 0.335 e. The molecule has 1 aliphatic rings. The van der Waals surface area contributed by atoms with Crippen molar-refractivity contribution in [3.8, 4) is 0 Å². The number of nitrogens with zero attached hydrogens (tertiary/aromatic N) is 2. The van der Waals surface area contributed by atoms with Crippen molar-refractivity contribution in [1.29, 1.82) is 0 Å². The summed E-state index contributed by atoms with van der Waals surface area (Å²) in [6, 6.07) is 5.26. The van der Waals surface area contributed by atoms with Crippen LogP contribution in [0.15, 0.2) is 18.2 Å². The number of hydrogen-bond donors (Lipinski definition) is 1. The Morgan fingerprint density at radius 3 is 2.81 bits per heavy atom. The molecule has 1 heterocycles. The molecule has 1 aromatic carbocycles. The number of carboxylic acid groups (broad SMARTS) is 1. The first-order valence-corrected chi connectivity index (χ1v) is 7.91. The summed E-state index contributed by atoms with van der Waals surface area (Å²) in [6.45, 7) is 3.10. The number of rotatable bonds is 5. The molecule has 3 rings (SSSR count). The molecular formula is C17H22N2O2. The van der Waals surface area contributed by atoms with E-state index in [-0.39, 0.29) is 0 Å². The van der Waals surface area contributed by atoms with E-state index in [0.717, 1.165) is 35.7 Å². The Labute approximate surface area is 124 Å². The predicted molar refractivity (Wildman–Crippen MR) is 82.6 cm³/mol. The second-order valence-corrected chi connectivity index (χ2v) is 5.98. The van der Waals surface area contributed by atoms with Crippen molar-refractivity contribution in [2.75, 3.05) is 0 Å². The van der Waals surface area contributed by atoms with Gasteiger partial charge in [-0.2, -0.15) is 0 Å². The van der Waals surface area contributed by atoms with Crippen molar-refractivity contribution >= 4 is 17.0 Å². The van der Waals surface area contributed by atoms with Crippen LogP contribution in [0, 0.1) is 5.92 Å². The van der Waals surface area contributed by atoms with Gasteiger partial charge in [0.25, 0.3) is 0 Å². The van der Waals surface area contributed by atoms with E-state index in [1.165, 1.54) is 32.1 Å². The van der Waals surface area contributed by atoms with E-state index in [2.05, 4.69) is 16.5 Å². The molecule has 0 atom stereocenters. The molecule has 1 aromatic heterocycles. The lowest BCUT2D eigenvalue weighted by atomic mass is 10.0. The summed E-state index contributed by atoms with van der Waals surface area (Å²) >= 11 is 0. The standard InChI is InChI=1S/C17H22N2O2/c1-2-16-18-14-11-13(17(20)21)7-8-15(14)19(16)10-9-12-5-3-4-6-12/h7-8,11-12H,2-6,9-10H2,1H3,(H,20,21). The predicted octanol–water partition coefficient (Wildman–Crippen LogP) is 3.88. The molecule has 112 valence electrons. The fourth-order valence-corrected chi connectivity index (χ4v) is 3.44. The number of benzene rings is 1. The summed E-state index contributed by atoms with van der Waals surface area (Å²) in [7, 11) is 0. The van der Waals surface area contributed by atoms with Gasteiger partial charge in [0.1, 0.15) is 5.82 Å². The third-order valence-corrected chi connectivity index (χ3v) is 4.63. The minimum atomic E-state index is -0.893. The van der Waals surface area contributed by atoms with E-state index >= 15 is 0 Å². The van der Waals surface area contributed by atoms with Crippen LogP contribution in [0.5, 0.6) is 0 Å². The molecule has 0 spiro atoms. The normalized spacial score (nSPS) is 15.9. The van der Waals surface area contributed by atoms with E-state index in [1.807, 2.05) is 6.07 Å². The molecule has 0 bridgehead atoms. The number of aryl methyl sites for hydroxylation is 2. The van der Waals surface area contributed by atoms with Gasteiger partial charge in [-0.15, -0.1) is 0 Å². The van der Waals surface area contributed by atoms with Crippen molar-refractivity contribution in [3.05, 3.63) is 29.6 Å². The maximum Gasteiger partial charge on any atom is 0.335 e. The lowest BCUT2D eigenvalue weighted by molar-refractivity contribution is 0.0697. The van der Waals surface area contributed by atoms with Gasteiger partial charge in [0.15, 0.2) is 0 Å². The third-order valence-electron chi connectivity index (χ3n) is 4.63. The molecule has 2 aromatic rings. The Kier molecular flexibility index (Phi) is 3.95. The Bertz CT molecular complexity index is 654. The highest BCUT2D eigenvalue weighted by Gasteiger charge is 2.17. The highest BCUT2D eigenvalue weighted by Crippen LogP contribution is 2.29. The highest BCUT2D eigenvalue weighted by molar-refractivity contribution is 5.92. The van der Waals surface area contributed by atoms with E-state index in [1.54, 1.807) is 12.1 Å². The molecule has 0 amide bonds. The second-order valence-electron chi connectivity index (χ2n) is 5.98. The molecule has 1 saturated carbocycles. The number of aromatic nitrogens is 2. The molecule has 4 nitrogen and oxygen atoms in total. The number of imidazole rings is 1. The Balaban J connectivity index is 1.90. The first-order valence-electron chi connectivity index (χ1n) is 7.91. The molecule has 0 radical (unpaired) electrons. The minimum Gasteiger partial charge on any atom is -0.478 e. The molecule has 4 heteroatoms. The average Bonchev–Trinajstić information content (AvgIpc) is 3.11. The molecule has 1 N–H and O–H groups in total. The maximum atomic E-state index is 11.1. The van der Waals surface area contributed by atoms with Gasteiger partial charge < -0.3 is 9.67 Å². The Morgan fingerprint density at radius 1 is 1.38 bits per heavy atom. The molecular weight excluding hydrogens is 264 g/mol. The van der Waals surface area contributed by atoms with Gasteiger partial charge in [-0.05, 0) is 30.5 Å². The summed E-state index contributed by atoms with van der Waals surface area (Å²) < 4.78 is 2.28. The Hall–Kier alpha value is -1.84. The first kappa shape index (κ1) is 14.1. The van der Waals surface area contributed by atoms with Crippen LogP contribution in [-0.4, -0.2) is 20.6 Å². The van der Waals surface area contributed by atoms with Gasteiger partial charge >= 0.3 is 5.97 Å². The zero-order chi connectivity index (χ0) is 14.8. The van der Waals surface area contributed by atoms with Gasteiger partial charge in [-0.25, -0.2) is 9.78 Å². The number of carboxylic acids is 1. The lowest BCUT2D eigenvalue weighted by Gasteiger charge is -2.12. The summed E-state index contributed by atoms with van der Waals surface area (Å²) in [5.74, 6) is 1.02. The van der Waals surface area contributed by atoms with Crippen LogP contribution in [0.1, 0.15) is 55.2 Å². The lowest BCUT2D eigenvalue weighted by Crippen LogP contribution is -2.07. The van der Waals surface area contributed by atoms with Crippen molar-refractivity contribution in [2.45, 2.75) is 52.0 Å². The second kappa shape index (κ2) is 5.88. The SMILES string of the molecule is CCc1nc2cc(C(=O)O)ccc2n1CCC1CCCC1. The molecule has 0 saturated heterocycles. The van der Waals surface area contributed by atoms with E-state index < -0.39 is 5.97 Å². The molecule has 1 fully saturated rings. The number of carbonyl (C=O) groups is 1. The highest BCUT2D eigenvalue weighted by atomic mass is 16.4. The van der Waals surface area contributed by atoms with Gasteiger partial charge in [-0.3, -0.25) is 0 Å². The molecule has 0 aliphatic heterocycles. The largest absolute Gasteiger partial charge is 0.478 e. The summed E-state index contributed by atoms with van der Waals surface area (Å²) in [5.41, 5.74) is 2.18. The van der Waals surface area contributed by atoms with Crippen molar-refractivity contribution in [1.82, 2.24) is 9.55 Å². The summed E-state index contributed by atoms with van der Waals surface area (Å²) in [5, 5.41) is 9.09. The monoisotopic (exact) mass is 286 g/mol. The zero-order valence-corrected chi connectivity index (χ0v) is 12.5. The average molecular weight is 286 g/mol. The van der Waals surface area contributed by atoms with E-state index in [0.29, 0.717) is 5.56 Å². The number of hydrogen-bond acceptors (Lipinski definition) is 2. The zero-order valence-electron chi connectivity index (χ0n) is 12.5. The van der Waals surface area contributed by atoms with Crippen molar-refractivity contribution in [2.24, 2.45) is 5.92 Å². The van der Waals surface area contributed by atoms with Crippen LogP contribution < -0.4 is 0 Å². The first-order chi connectivity index (χ1) is 10.2. The van der Waals surface area contributed by atoms with Crippen LogP contribution in [0.2, 0.25) is 0 Å². The van der Waals surface area contributed by atoms with Crippen LogP contribution in [0.4, 0.5) is 0 Å². The fourth-order valence-electron chi connectivity index (χ4n) is 3.44. The number of fused-ring (bicyclic) bond motifs is 1. The number of aromatic carboxylic acids is 1. The maximum absolute atomic E-state index is 11.1. The van der Waals surface area contributed by atoms with E-state index in [9.17, 15) is 4.79 Å². The quantitative estimate of drug-likeness (QED) is 0.907. The van der Waals surface area contributed by atoms with Crippen molar-refractivity contribution in [3.63, 3.8) is 0 Å². The Morgan fingerprint density at radius 2 is 2.14 bits per heavy atom. The van der Waals surface area contributed by atoms with Gasteiger partial charge in [0.2, 0.25) is 0 Å². The molecule has 21 heavy (non-hydrogen) atoms.